The number of benzene rings is 2. The summed E-state index contributed by atoms with van der Waals surface area (Å²) in [6.45, 7) is 3.84. The first-order chi connectivity index (χ1) is 12.0. The van der Waals surface area contributed by atoms with Crippen LogP contribution in [0.4, 0.5) is 5.82 Å². The van der Waals surface area contributed by atoms with E-state index in [9.17, 15) is 4.79 Å². The van der Waals surface area contributed by atoms with E-state index in [2.05, 4.69) is 33.5 Å². The quantitative estimate of drug-likeness (QED) is 0.543. The monoisotopic (exact) mass is 352 g/mol. The molecular formula is C19H20N4OS. The van der Waals surface area contributed by atoms with Crippen LogP contribution in [0.15, 0.2) is 53.7 Å². The molecule has 1 unspecified atom stereocenters. The topological polar surface area (TPSA) is 80.9 Å². The van der Waals surface area contributed by atoms with Gasteiger partial charge in [-0.1, -0.05) is 54.2 Å². The third kappa shape index (κ3) is 4.28. The largest absolute Gasteiger partial charge is 0.384 e. The van der Waals surface area contributed by atoms with Crippen molar-refractivity contribution in [3.05, 3.63) is 59.8 Å². The number of thioether (sulfide) groups is 1. The Kier molecular flexibility index (Phi) is 5.19. The number of carbonyl (C=O) groups excluding carboxylic acids is 1. The Hall–Kier alpha value is -2.60. The van der Waals surface area contributed by atoms with Crippen LogP contribution in [0.3, 0.4) is 0 Å². The van der Waals surface area contributed by atoms with Crippen molar-refractivity contribution in [1.82, 2.24) is 15.3 Å². The summed E-state index contributed by atoms with van der Waals surface area (Å²) in [6, 6.07) is 15.9. The molecule has 0 fully saturated rings. The van der Waals surface area contributed by atoms with Crippen LogP contribution < -0.4 is 11.1 Å². The zero-order valence-electron chi connectivity index (χ0n) is 14.2. The van der Waals surface area contributed by atoms with Crippen molar-refractivity contribution in [2.75, 3.05) is 11.5 Å². The van der Waals surface area contributed by atoms with E-state index < -0.39 is 0 Å². The fraction of sp³-hybridized carbons (Fsp3) is 0.211. The van der Waals surface area contributed by atoms with E-state index in [0.717, 1.165) is 16.6 Å². The minimum Gasteiger partial charge on any atom is -0.384 e. The van der Waals surface area contributed by atoms with Crippen LogP contribution in [0.5, 0.6) is 0 Å². The number of nitrogen functional groups attached to an aromatic ring is 1. The SMILES string of the molecule is Cc1cc(N)nc(SCC(=O)NC(C)c2cccc3ccccc23)n1. The number of nitrogens with two attached hydrogens (primary N) is 1. The molecule has 3 rings (SSSR count). The van der Waals surface area contributed by atoms with Gasteiger partial charge in [0.1, 0.15) is 5.82 Å². The minimum absolute atomic E-state index is 0.0610. The second-order valence-corrected chi connectivity index (χ2v) is 6.81. The molecule has 1 atom stereocenters. The van der Waals surface area contributed by atoms with E-state index in [-0.39, 0.29) is 17.7 Å². The van der Waals surface area contributed by atoms with Gasteiger partial charge >= 0.3 is 0 Å². The number of fused-ring (bicyclic) bond motifs is 1. The van der Waals surface area contributed by atoms with Crippen molar-refractivity contribution in [1.29, 1.82) is 0 Å². The Labute approximate surface area is 151 Å². The van der Waals surface area contributed by atoms with E-state index in [1.54, 1.807) is 6.07 Å². The van der Waals surface area contributed by atoms with E-state index in [1.807, 2.05) is 38.1 Å². The van der Waals surface area contributed by atoms with Crippen LogP contribution in [0.1, 0.15) is 24.2 Å². The molecule has 128 valence electrons. The summed E-state index contributed by atoms with van der Waals surface area (Å²) in [5.41, 5.74) is 7.61. The summed E-state index contributed by atoms with van der Waals surface area (Å²) in [6.07, 6.45) is 0. The van der Waals surface area contributed by atoms with Gasteiger partial charge in [-0.25, -0.2) is 9.97 Å². The Balaban J connectivity index is 1.66. The summed E-state index contributed by atoms with van der Waals surface area (Å²) in [5.74, 6) is 0.603. The predicted octanol–water partition coefficient (Wildman–Crippen LogP) is 3.49. The molecule has 0 saturated carbocycles. The zero-order valence-corrected chi connectivity index (χ0v) is 15.0. The fourth-order valence-corrected chi connectivity index (χ4v) is 3.47. The molecule has 0 aliphatic carbocycles. The predicted molar refractivity (Wildman–Crippen MR) is 102 cm³/mol. The van der Waals surface area contributed by atoms with Crippen LogP contribution in [0, 0.1) is 6.92 Å². The molecule has 0 radical (unpaired) electrons. The molecule has 1 amide bonds. The van der Waals surface area contributed by atoms with Crippen molar-refractivity contribution in [2.45, 2.75) is 25.0 Å². The van der Waals surface area contributed by atoms with Gasteiger partial charge < -0.3 is 11.1 Å². The third-order valence-electron chi connectivity index (χ3n) is 3.85. The van der Waals surface area contributed by atoms with Gasteiger partial charge in [0, 0.05) is 11.8 Å². The molecule has 1 aromatic heterocycles. The van der Waals surface area contributed by atoms with Crippen molar-refractivity contribution >= 4 is 34.3 Å². The van der Waals surface area contributed by atoms with E-state index in [0.29, 0.717) is 11.0 Å². The first-order valence-corrected chi connectivity index (χ1v) is 9.02. The maximum atomic E-state index is 12.3. The lowest BCUT2D eigenvalue weighted by atomic mass is 10.00. The number of nitrogens with one attached hydrogen (secondary N) is 1. The molecule has 6 heteroatoms. The number of hydrogen-bond donors (Lipinski definition) is 2. The van der Waals surface area contributed by atoms with Crippen molar-refractivity contribution < 1.29 is 4.79 Å². The van der Waals surface area contributed by atoms with Gasteiger partial charge in [-0.15, -0.1) is 0 Å². The standard InChI is InChI=1S/C19H20N4OS/c1-12-10-17(20)23-19(21-12)25-11-18(24)22-13(2)15-9-5-7-14-6-3-4-8-16(14)15/h3-10,13H,11H2,1-2H3,(H,22,24)(H2,20,21,23). The smallest absolute Gasteiger partial charge is 0.230 e. The number of anilines is 1. The lowest BCUT2D eigenvalue weighted by molar-refractivity contribution is -0.119. The first-order valence-electron chi connectivity index (χ1n) is 8.04. The van der Waals surface area contributed by atoms with Crippen molar-refractivity contribution in [2.24, 2.45) is 0 Å². The molecule has 0 spiro atoms. The van der Waals surface area contributed by atoms with Crippen molar-refractivity contribution in [3.63, 3.8) is 0 Å². The van der Waals surface area contributed by atoms with Crippen molar-refractivity contribution in [3.8, 4) is 0 Å². The highest BCUT2D eigenvalue weighted by atomic mass is 32.2. The molecule has 0 bridgehead atoms. The molecule has 5 nitrogen and oxygen atoms in total. The van der Waals surface area contributed by atoms with Gasteiger partial charge in [0.05, 0.1) is 11.8 Å². The molecule has 0 aliphatic rings. The van der Waals surface area contributed by atoms with Gasteiger partial charge in [-0.2, -0.15) is 0 Å². The average Bonchev–Trinajstić information content (AvgIpc) is 2.58. The van der Waals surface area contributed by atoms with Crippen LogP contribution in [0.25, 0.3) is 10.8 Å². The second-order valence-electron chi connectivity index (χ2n) is 5.86. The number of carbonyl (C=O) groups is 1. The third-order valence-corrected chi connectivity index (χ3v) is 4.70. The summed E-state index contributed by atoms with van der Waals surface area (Å²) in [5, 5.41) is 5.88. The van der Waals surface area contributed by atoms with E-state index in [4.69, 9.17) is 5.73 Å². The average molecular weight is 352 g/mol. The highest BCUT2D eigenvalue weighted by Crippen LogP contribution is 2.24. The first kappa shape index (κ1) is 17.2. The Morgan fingerprint density at radius 3 is 2.76 bits per heavy atom. The van der Waals surface area contributed by atoms with Crippen LogP contribution in [-0.4, -0.2) is 21.6 Å². The van der Waals surface area contributed by atoms with Crippen LogP contribution >= 0.6 is 11.8 Å². The number of rotatable bonds is 5. The van der Waals surface area contributed by atoms with Gasteiger partial charge in [0.2, 0.25) is 5.91 Å². The van der Waals surface area contributed by atoms with Gasteiger partial charge in [0.25, 0.3) is 0 Å². The lowest BCUT2D eigenvalue weighted by Gasteiger charge is -2.16. The van der Waals surface area contributed by atoms with Crippen LogP contribution in [0.2, 0.25) is 0 Å². The summed E-state index contributed by atoms with van der Waals surface area (Å²) in [7, 11) is 0. The Morgan fingerprint density at radius 1 is 1.20 bits per heavy atom. The lowest BCUT2D eigenvalue weighted by Crippen LogP contribution is -2.28. The maximum Gasteiger partial charge on any atom is 0.230 e. The minimum atomic E-state index is -0.0808. The number of aryl methyl sites for hydroxylation is 1. The van der Waals surface area contributed by atoms with E-state index >= 15 is 0 Å². The summed E-state index contributed by atoms with van der Waals surface area (Å²) >= 11 is 1.28. The van der Waals surface area contributed by atoms with Gasteiger partial charge in [-0.05, 0) is 30.2 Å². The normalized spacial score (nSPS) is 12.1. The molecule has 25 heavy (non-hydrogen) atoms. The molecule has 3 N–H and O–H groups in total. The molecule has 2 aromatic carbocycles. The Morgan fingerprint density at radius 2 is 1.96 bits per heavy atom. The molecular weight excluding hydrogens is 332 g/mol. The Bertz CT molecular complexity index is 887. The zero-order chi connectivity index (χ0) is 17.8. The molecule has 0 saturated heterocycles. The highest BCUT2D eigenvalue weighted by molar-refractivity contribution is 7.99. The second kappa shape index (κ2) is 7.53. The fourth-order valence-electron chi connectivity index (χ4n) is 2.75. The van der Waals surface area contributed by atoms with Gasteiger partial charge in [-0.3, -0.25) is 4.79 Å². The molecule has 0 aliphatic heterocycles. The van der Waals surface area contributed by atoms with E-state index in [1.165, 1.54) is 17.1 Å². The molecule has 1 heterocycles. The number of aromatic nitrogens is 2. The van der Waals surface area contributed by atoms with Gasteiger partial charge in [0.15, 0.2) is 5.16 Å². The van der Waals surface area contributed by atoms with Crippen LogP contribution in [-0.2, 0) is 4.79 Å². The summed E-state index contributed by atoms with van der Waals surface area (Å²) in [4.78, 5) is 20.7. The highest BCUT2D eigenvalue weighted by Gasteiger charge is 2.13. The number of nitrogens with zero attached hydrogens (tertiary/aromatic N) is 2. The number of hydrogen-bond acceptors (Lipinski definition) is 5. The maximum absolute atomic E-state index is 12.3. The summed E-state index contributed by atoms with van der Waals surface area (Å²) < 4.78 is 0. The molecule has 3 aromatic rings. The number of amides is 1.